The van der Waals surface area contributed by atoms with E-state index in [-0.39, 0.29) is 0 Å². The fourth-order valence-electron chi connectivity index (χ4n) is 3.54. The molecule has 108 valence electrons. The zero-order valence-electron chi connectivity index (χ0n) is 12.9. The van der Waals surface area contributed by atoms with Crippen molar-refractivity contribution >= 4 is 11.8 Å². The Bertz CT molecular complexity index is 184. The monoisotopic (exact) mass is 270 g/mol. The Morgan fingerprint density at radius 3 is 2.28 bits per heavy atom. The van der Waals surface area contributed by atoms with E-state index in [4.69, 9.17) is 0 Å². The minimum absolute atomic E-state index is 0.999. The average molecular weight is 271 g/mol. The van der Waals surface area contributed by atoms with E-state index in [1.54, 1.807) is 0 Å². The second-order valence-electron chi connectivity index (χ2n) is 6.02. The van der Waals surface area contributed by atoms with Crippen LogP contribution < -0.4 is 0 Å². The highest BCUT2D eigenvalue weighted by Gasteiger charge is 2.29. The van der Waals surface area contributed by atoms with Crippen molar-refractivity contribution in [1.29, 1.82) is 0 Å². The molecule has 0 amide bonds. The van der Waals surface area contributed by atoms with E-state index >= 15 is 0 Å². The molecule has 1 fully saturated rings. The smallest absolute Gasteiger partial charge is 0.00781 e. The molecule has 0 N–H and O–H groups in total. The molecule has 0 nitrogen and oxygen atoms in total. The Morgan fingerprint density at radius 2 is 1.72 bits per heavy atom. The first kappa shape index (κ1) is 16.4. The van der Waals surface area contributed by atoms with Crippen molar-refractivity contribution in [3.63, 3.8) is 0 Å². The summed E-state index contributed by atoms with van der Waals surface area (Å²) in [5.41, 5.74) is 0. The highest BCUT2D eigenvalue weighted by molar-refractivity contribution is 8.00. The van der Waals surface area contributed by atoms with Gasteiger partial charge in [-0.25, -0.2) is 0 Å². The van der Waals surface area contributed by atoms with E-state index in [0.717, 1.165) is 17.1 Å². The van der Waals surface area contributed by atoms with Crippen LogP contribution in [0.5, 0.6) is 0 Å². The zero-order valence-corrected chi connectivity index (χ0v) is 13.7. The Hall–Kier alpha value is 0.350. The Kier molecular flexibility index (Phi) is 9.27. The third-order valence-corrected chi connectivity index (χ3v) is 6.16. The van der Waals surface area contributed by atoms with Crippen molar-refractivity contribution in [2.45, 2.75) is 90.2 Å². The van der Waals surface area contributed by atoms with Crippen molar-refractivity contribution in [1.82, 2.24) is 0 Å². The number of hydrogen-bond acceptors (Lipinski definition) is 1. The maximum Gasteiger partial charge on any atom is 0.00781 e. The lowest BCUT2D eigenvalue weighted by atomic mass is 9.79. The maximum atomic E-state index is 2.43. The van der Waals surface area contributed by atoms with Crippen LogP contribution in [0.4, 0.5) is 0 Å². The first-order chi connectivity index (χ1) is 8.83. The van der Waals surface area contributed by atoms with E-state index in [0.29, 0.717) is 0 Å². The van der Waals surface area contributed by atoms with Crippen LogP contribution in [0.15, 0.2) is 0 Å². The third kappa shape index (κ3) is 5.55. The van der Waals surface area contributed by atoms with Gasteiger partial charge >= 0.3 is 0 Å². The van der Waals surface area contributed by atoms with Crippen molar-refractivity contribution < 1.29 is 0 Å². The molecule has 1 rings (SSSR count). The summed E-state index contributed by atoms with van der Waals surface area (Å²) in [6, 6.07) is 0. The molecule has 0 aromatic heterocycles. The number of rotatable bonds is 10. The van der Waals surface area contributed by atoms with Crippen LogP contribution in [0.25, 0.3) is 0 Å². The molecular weight excluding hydrogens is 236 g/mol. The summed E-state index contributed by atoms with van der Waals surface area (Å²) in [6.07, 6.45) is 14.5. The van der Waals surface area contributed by atoms with Crippen LogP contribution >= 0.6 is 11.8 Å². The Labute approximate surface area is 120 Å². The lowest BCUT2D eigenvalue weighted by molar-refractivity contribution is 0.263. The minimum Gasteiger partial charge on any atom is -0.158 e. The molecule has 0 aromatic carbocycles. The van der Waals surface area contributed by atoms with Crippen molar-refractivity contribution in [2.75, 3.05) is 5.75 Å². The van der Waals surface area contributed by atoms with Gasteiger partial charge in [0.2, 0.25) is 0 Å². The standard InChI is InChI=1S/C17H34S/c1-4-7-9-12-15(11-8-5-2)16(6-3)17-13-10-14-18-17/h15-17H,4-14H2,1-3H3. The molecule has 1 heterocycles. The minimum atomic E-state index is 0.999. The molecule has 1 heteroatoms. The molecule has 18 heavy (non-hydrogen) atoms. The van der Waals surface area contributed by atoms with Gasteiger partial charge < -0.3 is 0 Å². The highest BCUT2D eigenvalue weighted by atomic mass is 32.2. The molecule has 0 aliphatic carbocycles. The van der Waals surface area contributed by atoms with Crippen LogP contribution in [-0.4, -0.2) is 11.0 Å². The quantitative estimate of drug-likeness (QED) is 0.420. The van der Waals surface area contributed by atoms with Gasteiger partial charge in [0.1, 0.15) is 0 Å². The largest absolute Gasteiger partial charge is 0.158 e. The summed E-state index contributed by atoms with van der Waals surface area (Å²) in [4.78, 5) is 0. The summed E-state index contributed by atoms with van der Waals surface area (Å²) in [6.45, 7) is 7.10. The fraction of sp³-hybridized carbons (Fsp3) is 1.00. The van der Waals surface area contributed by atoms with Gasteiger partial charge in [-0.2, -0.15) is 11.8 Å². The molecule has 0 bridgehead atoms. The summed E-state index contributed by atoms with van der Waals surface area (Å²) in [5.74, 6) is 3.47. The van der Waals surface area contributed by atoms with E-state index in [2.05, 4.69) is 32.5 Å². The van der Waals surface area contributed by atoms with Crippen LogP contribution in [0, 0.1) is 11.8 Å². The van der Waals surface area contributed by atoms with Gasteiger partial charge in [-0.15, -0.1) is 0 Å². The second-order valence-corrected chi connectivity index (χ2v) is 7.37. The van der Waals surface area contributed by atoms with Gasteiger partial charge in [0, 0.05) is 5.25 Å². The summed E-state index contributed by atoms with van der Waals surface area (Å²) < 4.78 is 0. The number of unbranched alkanes of at least 4 members (excludes halogenated alkanes) is 3. The molecule has 0 saturated carbocycles. The average Bonchev–Trinajstić information content (AvgIpc) is 2.90. The van der Waals surface area contributed by atoms with Crippen LogP contribution in [0.1, 0.15) is 85.0 Å². The molecule has 0 spiro atoms. The molecule has 3 atom stereocenters. The first-order valence-electron chi connectivity index (χ1n) is 8.45. The number of thioether (sulfide) groups is 1. The fourth-order valence-corrected chi connectivity index (χ4v) is 5.17. The van der Waals surface area contributed by atoms with Gasteiger partial charge in [-0.1, -0.05) is 72.1 Å². The normalized spacial score (nSPS) is 23.2. The molecule has 1 saturated heterocycles. The molecule has 1 aliphatic heterocycles. The van der Waals surface area contributed by atoms with Gasteiger partial charge in [-0.05, 0) is 30.4 Å². The summed E-state index contributed by atoms with van der Waals surface area (Å²) in [5, 5.41) is 0.999. The third-order valence-electron chi connectivity index (χ3n) is 4.63. The molecule has 0 aromatic rings. The van der Waals surface area contributed by atoms with E-state index in [9.17, 15) is 0 Å². The summed E-state index contributed by atoms with van der Waals surface area (Å²) in [7, 11) is 0. The van der Waals surface area contributed by atoms with Crippen LogP contribution in [0.2, 0.25) is 0 Å². The molecule has 1 aliphatic rings. The predicted molar refractivity (Wildman–Crippen MR) is 86.4 cm³/mol. The summed E-state index contributed by atoms with van der Waals surface area (Å²) >= 11 is 2.28. The highest BCUT2D eigenvalue weighted by Crippen LogP contribution is 2.40. The van der Waals surface area contributed by atoms with E-state index < -0.39 is 0 Å². The lowest BCUT2D eigenvalue weighted by Crippen LogP contribution is -2.24. The van der Waals surface area contributed by atoms with Crippen molar-refractivity contribution in [3.8, 4) is 0 Å². The molecule has 3 unspecified atom stereocenters. The number of hydrogen-bond donors (Lipinski definition) is 0. The first-order valence-corrected chi connectivity index (χ1v) is 9.49. The molecular formula is C17H34S. The molecule has 0 radical (unpaired) electrons. The Balaban J connectivity index is 2.47. The maximum absolute atomic E-state index is 2.43. The van der Waals surface area contributed by atoms with Gasteiger partial charge in [0.25, 0.3) is 0 Å². The topological polar surface area (TPSA) is 0 Å². The van der Waals surface area contributed by atoms with Crippen LogP contribution in [0.3, 0.4) is 0 Å². The van der Waals surface area contributed by atoms with E-state index in [1.807, 2.05) is 0 Å². The van der Waals surface area contributed by atoms with Gasteiger partial charge in [0.05, 0.1) is 0 Å². The predicted octanol–water partition coefficient (Wildman–Crippen LogP) is 6.29. The Morgan fingerprint density at radius 1 is 1.00 bits per heavy atom. The SMILES string of the molecule is CCCCCC(CCCC)C(CC)C1CCCS1. The zero-order chi connectivity index (χ0) is 13.2. The second kappa shape index (κ2) is 10.2. The van der Waals surface area contributed by atoms with Crippen molar-refractivity contribution in [3.05, 3.63) is 0 Å². The van der Waals surface area contributed by atoms with Gasteiger partial charge in [0.15, 0.2) is 0 Å². The lowest BCUT2D eigenvalue weighted by Gasteiger charge is -2.31. The van der Waals surface area contributed by atoms with Crippen molar-refractivity contribution in [2.24, 2.45) is 11.8 Å². The van der Waals surface area contributed by atoms with E-state index in [1.165, 1.54) is 70.0 Å². The van der Waals surface area contributed by atoms with Crippen LogP contribution in [-0.2, 0) is 0 Å². The van der Waals surface area contributed by atoms with Gasteiger partial charge in [-0.3, -0.25) is 0 Å².